The van der Waals surface area contributed by atoms with Crippen molar-refractivity contribution in [2.24, 2.45) is 11.3 Å². The monoisotopic (exact) mass is 366 g/mol. The summed E-state index contributed by atoms with van der Waals surface area (Å²) in [5.41, 5.74) is -0.801. The largest absolute Gasteiger partial charge is 0.483 e. The molecule has 2 heterocycles. The summed E-state index contributed by atoms with van der Waals surface area (Å²) in [6.45, 7) is 4.19. The van der Waals surface area contributed by atoms with Gasteiger partial charge in [0.2, 0.25) is 0 Å². The molecule has 3 N–H and O–H groups in total. The first-order valence-electron chi connectivity index (χ1n) is 8.47. The number of piperidine rings is 1. The van der Waals surface area contributed by atoms with Gasteiger partial charge < -0.3 is 20.2 Å². The number of pyridine rings is 1. The number of carboxylic acids is 1. The van der Waals surface area contributed by atoms with Crippen molar-refractivity contribution in [3.05, 3.63) is 30.1 Å². The van der Waals surface area contributed by atoms with Crippen molar-refractivity contribution in [3.63, 3.8) is 0 Å². The van der Waals surface area contributed by atoms with E-state index in [4.69, 9.17) is 9.90 Å². The van der Waals surface area contributed by atoms with E-state index in [0.717, 1.165) is 0 Å². The van der Waals surface area contributed by atoms with Crippen molar-refractivity contribution in [2.75, 3.05) is 13.1 Å². The molecular formula is C18H26N2O6. The van der Waals surface area contributed by atoms with Gasteiger partial charge in [0, 0.05) is 31.0 Å². The van der Waals surface area contributed by atoms with Crippen LogP contribution >= 0.6 is 0 Å². The minimum absolute atomic E-state index is 0.0391. The number of aliphatic hydroxyl groups is 1. The second-order valence-corrected chi connectivity index (χ2v) is 6.77. The predicted molar refractivity (Wildman–Crippen MR) is 93.6 cm³/mol. The first-order valence-corrected chi connectivity index (χ1v) is 8.47. The van der Waals surface area contributed by atoms with Crippen molar-refractivity contribution < 1.29 is 29.7 Å². The highest BCUT2D eigenvalue weighted by Gasteiger charge is 2.49. The molecule has 8 nitrogen and oxygen atoms in total. The van der Waals surface area contributed by atoms with E-state index in [0.29, 0.717) is 30.9 Å². The van der Waals surface area contributed by atoms with Gasteiger partial charge in [0.15, 0.2) is 0 Å². The first kappa shape index (κ1) is 21.6. The number of aromatic nitrogens is 1. The molecule has 0 aromatic carbocycles. The lowest BCUT2D eigenvalue weighted by Gasteiger charge is -2.43. The highest BCUT2D eigenvalue weighted by molar-refractivity contribution is 5.94. The second-order valence-electron chi connectivity index (χ2n) is 6.77. The van der Waals surface area contributed by atoms with Crippen LogP contribution in [0.2, 0.25) is 0 Å². The number of amides is 1. The maximum absolute atomic E-state index is 12.6. The molecule has 1 saturated heterocycles. The molecule has 0 saturated carbocycles. The normalized spacial score (nSPS) is 22.3. The lowest BCUT2D eigenvalue weighted by molar-refractivity contribution is -0.163. The average molecular weight is 366 g/mol. The molecule has 0 radical (unpaired) electrons. The molecule has 8 heteroatoms. The number of aliphatic hydroxyl groups excluding tert-OH is 1. The molecule has 0 unspecified atom stereocenters. The summed E-state index contributed by atoms with van der Waals surface area (Å²) in [5.74, 6) is -0.906. The smallest absolute Gasteiger partial charge is 0.314 e. The molecule has 144 valence electrons. The molecule has 1 aliphatic rings. The maximum Gasteiger partial charge on any atom is 0.314 e. The van der Waals surface area contributed by atoms with E-state index >= 15 is 0 Å². The molecule has 1 aliphatic heterocycles. The van der Waals surface area contributed by atoms with Gasteiger partial charge in [-0.1, -0.05) is 13.8 Å². The molecule has 1 aromatic heterocycles. The van der Waals surface area contributed by atoms with Crippen molar-refractivity contribution >= 4 is 18.3 Å². The Balaban J connectivity index is 0.00000105. The zero-order valence-corrected chi connectivity index (χ0v) is 15.0. The minimum atomic E-state index is -1.29. The van der Waals surface area contributed by atoms with E-state index in [2.05, 4.69) is 4.98 Å². The van der Waals surface area contributed by atoms with Crippen LogP contribution in [-0.2, 0) is 9.59 Å². The Morgan fingerprint density at radius 2 is 1.96 bits per heavy atom. The van der Waals surface area contributed by atoms with E-state index in [1.165, 1.54) is 17.3 Å². The van der Waals surface area contributed by atoms with Crippen LogP contribution in [0.4, 0.5) is 0 Å². The number of carboxylic acid groups (broad SMARTS) is 2. The van der Waals surface area contributed by atoms with Gasteiger partial charge in [-0.3, -0.25) is 19.4 Å². The van der Waals surface area contributed by atoms with Gasteiger partial charge in [-0.2, -0.15) is 0 Å². The molecule has 0 bridgehead atoms. The fourth-order valence-electron chi connectivity index (χ4n) is 3.04. The number of rotatable bonds is 5. The second kappa shape index (κ2) is 9.86. The lowest BCUT2D eigenvalue weighted by atomic mass is 9.72. The molecule has 26 heavy (non-hydrogen) atoms. The Hall–Kier alpha value is -2.48. The summed E-state index contributed by atoms with van der Waals surface area (Å²) in [7, 11) is 0. The average Bonchev–Trinajstić information content (AvgIpc) is 2.61. The van der Waals surface area contributed by atoms with Gasteiger partial charge in [0.1, 0.15) is 5.41 Å². The molecule has 1 amide bonds. The van der Waals surface area contributed by atoms with Crippen LogP contribution < -0.4 is 0 Å². The molecule has 1 aromatic rings. The molecule has 1 fully saturated rings. The Morgan fingerprint density at radius 3 is 2.46 bits per heavy atom. The van der Waals surface area contributed by atoms with Crippen molar-refractivity contribution in [2.45, 2.75) is 39.2 Å². The van der Waals surface area contributed by atoms with Crippen molar-refractivity contribution in [1.82, 2.24) is 9.88 Å². The summed E-state index contributed by atoms with van der Waals surface area (Å²) in [4.78, 5) is 38.3. The fourth-order valence-corrected chi connectivity index (χ4v) is 3.04. The third kappa shape index (κ3) is 5.26. The van der Waals surface area contributed by atoms with E-state index in [1.54, 1.807) is 12.1 Å². The van der Waals surface area contributed by atoms with Crippen LogP contribution in [0, 0.1) is 11.3 Å². The van der Waals surface area contributed by atoms with Crippen LogP contribution in [0.5, 0.6) is 0 Å². The van der Waals surface area contributed by atoms with Gasteiger partial charge in [-0.05, 0) is 37.3 Å². The lowest BCUT2D eigenvalue weighted by Crippen LogP contribution is -2.57. The fraction of sp³-hybridized carbons (Fsp3) is 0.556. The zero-order valence-electron chi connectivity index (χ0n) is 15.0. The highest BCUT2D eigenvalue weighted by Crippen LogP contribution is 2.37. The van der Waals surface area contributed by atoms with E-state index < -0.39 is 17.5 Å². The molecule has 2 atom stereocenters. The number of hydrogen-bond donors (Lipinski definition) is 3. The molecule has 2 rings (SSSR count). The van der Waals surface area contributed by atoms with Gasteiger partial charge in [0.05, 0.1) is 6.10 Å². The Kier molecular flexibility index (Phi) is 8.18. The minimum Gasteiger partial charge on any atom is -0.483 e. The third-order valence-corrected chi connectivity index (χ3v) is 4.59. The van der Waals surface area contributed by atoms with E-state index in [-0.39, 0.29) is 25.3 Å². The summed E-state index contributed by atoms with van der Waals surface area (Å²) in [5, 5.41) is 27.0. The van der Waals surface area contributed by atoms with Crippen molar-refractivity contribution in [3.8, 4) is 0 Å². The Bertz CT molecular complexity index is 607. The first-order chi connectivity index (χ1) is 12.3. The zero-order chi connectivity index (χ0) is 19.7. The van der Waals surface area contributed by atoms with Crippen LogP contribution in [0.25, 0.3) is 0 Å². The molecular weight excluding hydrogens is 340 g/mol. The number of carbonyl (C=O) groups is 3. The topological polar surface area (TPSA) is 128 Å². The number of aliphatic carboxylic acids is 1. The number of nitrogens with zero attached hydrogens (tertiary/aromatic N) is 2. The van der Waals surface area contributed by atoms with Crippen LogP contribution in [0.15, 0.2) is 24.5 Å². The van der Waals surface area contributed by atoms with Crippen LogP contribution in [-0.4, -0.2) is 62.7 Å². The third-order valence-electron chi connectivity index (χ3n) is 4.59. The van der Waals surface area contributed by atoms with Crippen LogP contribution in [0.1, 0.15) is 43.5 Å². The number of carbonyl (C=O) groups excluding carboxylic acids is 1. The summed E-state index contributed by atoms with van der Waals surface area (Å²) in [6, 6.07) is 3.23. The molecule has 0 aliphatic carbocycles. The Morgan fingerprint density at radius 1 is 1.38 bits per heavy atom. The quantitative estimate of drug-likeness (QED) is 0.674. The van der Waals surface area contributed by atoms with Gasteiger partial charge in [-0.25, -0.2) is 0 Å². The van der Waals surface area contributed by atoms with E-state index in [1.807, 2.05) is 13.8 Å². The number of likely N-dealkylation sites (tertiary alicyclic amines) is 1. The van der Waals surface area contributed by atoms with Crippen LogP contribution in [0.3, 0.4) is 0 Å². The number of hydrogen-bond acceptors (Lipinski definition) is 5. The Labute approximate surface area is 152 Å². The van der Waals surface area contributed by atoms with E-state index in [9.17, 15) is 19.8 Å². The highest BCUT2D eigenvalue weighted by atomic mass is 16.4. The van der Waals surface area contributed by atoms with Crippen molar-refractivity contribution in [1.29, 1.82) is 0 Å². The van der Waals surface area contributed by atoms with Gasteiger partial charge in [0.25, 0.3) is 12.4 Å². The van der Waals surface area contributed by atoms with Gasteiger partial charge >= 0.3 is 5.97 Å². The SMILES string of the molecule is CC(C)CC[C@@]1(C(=O)O)CN(C(=O)c2ccncc2)CC[C@H]1O.O=CO. The summed E-state index contributed by atoms with van der Waals surface area (Å²) >= 11 is 0. The van der Waals surface area contributed by atoms with Gasteiger partial charge in [-0.15, -0.1) is 0 Å². The summed E-state index contributed by atoms with van der Waals surface area (Å²) in [6.07, 6.45) is 3.48. The standard InChI is InChI=1S/C17H24N2O4.CH2O2/c1-12(2)3-7-17(16(22)23)11-19(10-6-14(17)20)15(21)13-4-8-18-9-5-13;2-1-3/h4-5,8-9,12,14,20H,3,6-7,10-11H2,1-2H3,(H,22,23);1H,(H,2,3)/t14-,17-;/m1./s1. The summed E-state index contributed by atoms with van der Waals surface area (Å²) < 4.78 is 0. The predicted octanol–water partition coefficient (Wildman–Crippen LogP) is 1.50. The molecule has 0 spiro atoms. The maximum atomic E-state index is 12.6.